The fourth-order valence-electron chi connectivity index (χ4n) is 3.81. The van der Waals surface area contributed by atoms with E-state index < -0.39 is 5.91 Å². The third-order valence-electron chi connectivity index (χ3n) is 5.59. The van der Waals surface area contributed by atoms with Gasteiger partial charge in [-0.3, -0.25) is 9.59 Å². The Kier molecular flexibility index (Phi) is 6.80. The van der Waals surface area contributed by atoms with E-state index in [9.17, 15) is 9.59 Å². The Balaban J connectivity index is 1.41. The summed E-state index contributed by atoms with van der Waals surface area (Å²) in [4.78, 5) is 23.8. The number of para-hydroxylation sites is 4. The first kappa shape index (κ1) is 23.6. The second kappa shape index (κ2) is 10.7. The van der Waals surface area contributed by atoms with E-state index in [2.05, 4.69) is 5.32 Å². The molecule has 3 N–H and O–H groups in total. The number of aromatic nitrogens is 2. The molecule has 37 heavy (non-hydrogen) atoms. The highest BCUT2D eigenvalue weighted by molar-refractivity contribution is 6.03. The molecule has 0 aliphatic rings. The molecule has 8 nitrogen and oxygen atoms in total. The molecule has 0 saturated carbocycles. The predicted molar refractivity (Wildman–Crippen MR) is 142 cm³/mol. The number of amides is 2. The number of nitrogens with one attached hydrogen (secondary N) is 1. The lowest BCUT2D eigenvalue weighted by molar-refractivity contribution is -0.118. The fourth-order valence-corrected chi connectivity index (χ4v) is 3.81. The first-order valence-electron chi connectivity index (χ1n) is 11.7. The second-order valence-electron chi connectivity index (χ2n) is 8.25. The summed E-state index contributed by atoms with van der Waals surface area (Å²) in [5.41, 5.74) is 8.62. The molecular weight excluding hydrogens is 468 g/mol. The Labute approximate surface area is 213 Å². The summed E-state index contributed by atoms with van der Waals surface area (Å²) in [6.07, 6.45) is 5.06. The Morgan fingerprint density at radius 3 is 2.57 bits per heavy atom. The summed E-state index contributed by atoms with van der Waals surface area (Å²) in [6, 6.07) is 26.4. The van der Waals surface area contributed by atoms with Gasteiger partial charge in [-0.05, 0) is 42.5 Å². The molecule has 0 atom stereocenters. The lowest BCUT2D eigenvalue weighted by Crippen LogP contribution is -2.15. The van der Waals surface area contributed by atoms with Crippen molar-refractivity contribution in [3.63, 3.8) is 0 Å². The van der Waals surface area contributed by atoms with E-state index in [1.807, 2.05) is 66.9 Å². The van der Waals surface area contributed by atoms with Crippen LogP contribution in [0.1, 0.15) is 12.0 Å². The fraction of sp³-hybridized carbons (Fsp3) is 0.0690. The van der Waals surface area contributed by atoms with Crippen LogP contribution in [0, 0.1) is 0 Å². The van der Waals surface area contributed by atoms with Crippen LogP contribution in [0.2, 0.25) is 0 Å². The summed E-state index contributed by atoms with van der Waals surface area (Å²) in [6.45, 7) is 0.123. The number of nitrogens with zero attached hydrogens (tertiary/aromatic N) is 2. The molecule has 2 amide bonds. The van der Waals surface area contributed by atoms with Gasteiger partial charge in [-0.15, -0.1) is 0 Å². The molecule has 0 spiro atoms. The van der Waals surface area contributed by atoms with Gasteiger partial charge in [0.15, 0.2) is 5.76 Å². The highest BCUT2D eigenvalue weighted by Crippen LogP contribution is 2.31. The van der Waals surface area contributed by atoms with Crippen molar-refractivity contribution in [3.8, 4) is 22.9 Å². The summed E-state index contributed by atoms with van der Waals surface area (Å²) in [7, 11) is 0. The average molecular weight is 493 g/mol. The number of hydrogen-bond acceptors (Lipinski definition) is 5. The van der Waals surface area contributed by atoms with E-state index in [-0.39, 0.29) is 18.9 Å². The van der Waals surface area contributed by atoms with E-state index in [1.165, 1.54) is 6.08 Å². The van der Waals surface area contributed by atoms with Crippen molar-refractivity contribution in [2.75, 3.05) is 11.9 Å². The number of primary amides is 1. The van der Waals surface area contributed by atoms with Gasteiger partial charge in [0.2, 0.25) is 11.8 Å². The molecule has 5 aromatic rings. The molecule has 0 saturated heterocycles. The topological polar surface area (TPSA) is 112 Å². The van der Waals surface area contributed by atoms with Crippen LogP contribution in [0.4, 0.5) is 5.69 Å². The van der Waals surface area contributed by atoms with E-state index in [0.717, 1.165) is 16.7 Å². The maximum atomic E-state index is 12.8. The third-order valence-corrected chi connectivity index (χ3v) is 5.59. The molecule has 184 valence electrons. The van der Waals surface area contributed by atoms with Crippen LogP contribution >= 0.6 is 0 Å². The van der Waals surface area contributed by atoms with Gasteiger partial charge in [0, 0.05) is 23.2 Å². The number of hydrogen-bond donors (Lipinski definition) is 2. The molecule has 0 unspecified atom stereocenters. The Hall–Kier alpha value is -5.11. The summed E-state index contributed by atoms with van der Waals surface area (Å²) < 4.78 is 13.4. The number of furan rings is 1. The second-order valence-corrected chi connectivity index (χ2v) is 8.25. The molecule has 5 rings (SSSR count). The lowest BCUT2D eigenvalue weighted by Gasteiger charge is -2.10. The van der Waals surface area contributed by atoms with E-state index in [1.54, 1.807) is 35.0 Å². The van der Waals surface area contributed by atoms with Gasteiger partial charge in [-0.2, -0.15) is 5.10 Å². The zero-order chi connectivity index (χ0) is 25.6. The van der Waals surface area contributed by atoms with Crippen LogP contribution in [0.5, 0.6) is 5.75 Å². The van der Waals surface area contributed by atoms with Crippen LogP contribution in [0.3, 0.4) is 0 Å². The molecule has 0 bridgehead atoms. The first-order chi connectivity index (χ1) is 18.1. The van der Waals surface area contributed by atoms with Crippen molar-refractivity contribution >= 4 is 34.5 Å². The number of nitrogens with two attached hydrogens (primary N) is 1. The molecule has 0 radical (unpaired) electrons. The number of rotatable bonds is 9. The largest absolute Gasteiger partial charge is 0.491 e. The maximum absolute atomic E-state index is 12.8. The van der Waals surface area contributed by atoms with Crippen molar-refractivity contribution < 1.29 is 18.7 Å². The maximum Gasteiger partial charge on any atom is 0.248 e. The van der Waals surface area contributed by atoms with Gasteiger partial charge in [-0.1, -0.05) is 48.5 Å². The van der Waals surface area contributed by atoms with Crippen LogP contribution < -0.4 is 15.8 Å². The van der Waals surface area contributed by atoms with Crippen LogP contribution in [0.15, 0.2) is 102 Å². The van der Waals surface area contributed by atoms with Crippen LogP contribution in [-0.2, 0) is 9.59 Å². The zero-order valence-electron chi connectivity index (χ0n) is 19.8. The monoisotopic (exact) mass is 492 g/mol. The molecule has 0 aliphatic heterocycles. The quantitative estimate of drug-likeness (QED) is 0.275. The first-order valence-corrected chi connectivity index (χ1v) is 11.7. The summed E-state index contributed by atoms with van der Waals surface area (Å²) >= 11 is 0. The minimum Gasteiger partial charge on any atom is -0.491 e. The number of carbonyl (C=O) groups is 2. The van der Waals surface area contributed by atoms with Crippen molar-refractivity contribution in [2.45, 2.75) is 6.42 Å². The van der Waals surface area contributed by atoms with E-state index in [0.29, 0.717) is 28.5 Å². The third kappa shape index (κ3) is 5.59. The van der Waals surface area contributed by atoms with Crippen LogP contribution in [0.25, 0.3) is 34.2 Å². The Morgan fingerprint density at radius 2 is 1.76 bits per heavy atom. The SMILES string of the molecule is NC(=O)CCOc1ccccc1NC(=O)/C=C/c1cn(-c2ccccc2)nc1-c1cc2ccccc2o1. The smallest absolute Gasteiger partial charge is 0.248 e. The molecule has 0 aliphatic carbocycles. The predicted octanol–water partition coefficient (Wildman–Crippen LogP) is 5.19. The standard InChI is InChI=1S/C29H24N4O4/c30-27(34)16-17-36-25-13-7-5-11-23(25)31-28(35)15-14-21-19-33(22-9-2-1-3-10-22)32-29(21)26-18-20-8-4-6-12-24(20)37-26/h1-15,18-19H,16-17H2,(H2,30,34)(H,31,35)/b15-14+. The molecular formula is C29H24N4O4. The van der Waals surface area contributed by atoms with Gasteiger partial charge in [0.1, 0.15) is 17.0 Å². The average Bonchev–Trinajstić information content (AvgIpc) is 3.53. The summed E-state index contributed by atoms with van der Waals surface area (Å²) in [5, 5.41) is 8.54. The normalized spacial score (nSPS) is 11.1. The highest BCUT2D eigenvalue weighted by Gasteiger charge is 2.15. The van der Waals surface area contributed by atoms with Gasteiger partial charge < -0.3 is 20.2 Å². The van der Waals surface area contributed by atoms with Gasteiger partial charge in [0.25, 0.3) is 0 Å². The number of anilines is 1. The van der Waals surface area contributed by atoms with Gasteiger partial charge in [0.05, 0.1) is 24.4 Å². The number of ether oxygens (including phenoxy) is 1. The zero-order valence-corrected chi connectivity index (χ0v) is 19.8. The van der Waals surface area contributed by atoms with E-state index >= 15 is 0 Å². The van der Waals surface area contributed by atoms with Crippen molar-refractivity contribution in [1.82, 2.24) is 9.78 Å². The van der Waals surface area contributed by atoms with Gasteiger partial charge in [-0.25, -0.2) is 4.68 Å². The minimum atomic E-state index is -0.458. The van der Waals surface area contributed by atoms with Gasteiger partial charge >= 0.3 is 0 Å². The highest BCUT2D eigenvalue weighted by atomic mass is 16.5. The number of fused-ring (bicyclic) bond motifs is 1. The number of carbonyl (C=O) groups excluding carboxylic acids is 2. The molecule has 2 aromatic heterocycles. The summed E-state index contributed by atoms with van der Waals surface area (Å²) in [5.74, 6) is 0.240. The number of benzene rings is 3. The Bertz CT molecular complexity index is 1550. The molecule has 8 heteroatoms. The molecule has 0 fully saturated rings. The van der Waals surface area contributed by atoms with Crippen molar-refractivity contribution in [3.05, 3.63) is 103 Å². The van der Waals surface area contributed by atoms with E-state index in [4.69, 9.17) is 20.0 Å². The van der Waals surface area contributed by atoms with Crippen LogP contribution in [-0.4, -0.2) is 28.2 Å². The van der Waals surface area contributed by atoms with Crippen molar-refractivity contribution in [1.29, 1.82) is 0 Å². The molecule has 3 aromatic carbocycles. The minimum absolute atomic E-state index is 0.0815. The van der Waals surface area contributed by atoms with Crippen molar-refractivity contribution in [2.24, 2.45) is 5.73 Å². The lowest BCUT2D eigenvalue weighted by atomic mass is 10.1. The Morgan fingerprint density at radius 1 is 1.00 bits per heavy atom. The molecule has 2 heterocycles.